The lowest BCUT2D eigenvalue weighted by atomic mass is 10.2. The van der Waals surface area contributed by atoms with Crippen molar-refractivity contribution in [2.45, 2.75) is 16.9 Å². The Morgan fingerprint density at radius 1 is 1.03 bits per heavy atom. The number of hydrazine groups is 1. The summed E-state index contributed by atoms with van der Waals surface area (Å²) in [4.78, 5) is 28.3. The molecule has 1 amide bonds. The van der Waals surface area contributed by atoms with Crippen LogP contribution < -0.4 is 16.5 Å². The van der Waals surface area contributed by atoms with Gasteiger partial charge in [0.1, 0.15) is 0 Å². The largest absolute Gasteiger partial charge is 0.501 e. The van der Waals surface area contributed by atoms with Crippen LogP contribution in [-0.2, 0) is 16.4 Å². The molecular weight excluding hydrogens is 515 g/mol. The highest BCUT2D eigenvalue weighted by Crippen LogP contribution is 2.30. The highest BCUT2D eigenvalue weighted by molar-refractivity contribution is 7.92. The summed E-state index contributed by atoms with van der Waals surface area (Å²) in [7, 11) is -5.56. The molecule has 37 heavy (non-hydrogen) atoms. The molecule has 2 heterocycles. The number of carbonyl (C=O) groups excluding carboxylic acids is 1. The molecule has 0 saturated carbocycles. The van der Waals surface area contributed by atoms with Crippen LogP contribution in [0.3, 0.4) is 0 Å². The lowest BCUT2D eigenvalue weighted by molar-refractivity contribution is -0.0436. The summed E-state index contributed by atoms with van der Waals surface area (Å²) in [5.74, 6) is -0.940. The number of halogens is 3. The summed E-state index contributed by atoms with van der Waals surface area (Å²) in [6, 6.07) is 13.3. The third kappa shape index (κ3) is 5.18. The molecule has 4 aromatic rings. The number of nitrogens with zero attached hydrogens (tertiary/aromatic N) is 3. The van der Waals surface area contributed by atoms with Gasteiger partial charge in [-0.15, -0.1) is 0 Å². The summed E-state index contributed by atoms with van der Waals surface area (Å²) in [5.41, 5.74) is 0.275. The molecule has 0 unspecified atom stereocenters. The van der Waals surface area contributed by atoms with Crippen LogP contribution in [0.5, 0.6) is 5.88 Å². The SMILES string of the molecule is O=C(NNc1cnccc1Cn1cc(O)n(-c2ccc(S(=O)(=O)C(F)(F)F)cc2)c1=O)c1ccccc1. The van der Waals surface area contributed by atoms with Crippen LogP contribution in [-0.4, -0.2) is 39.1 Å². The van der Waals surface area contributed by atoms with Gasteiger partial charge in [0, 0.05) is 17.3 Å². The normalized spacial score (nSPS) is 11.8. The molecule has 2 aromatic heterocycles. The molecule has 192 valence electrons. The number of amides is 1. The molecule has 0 aliphatic heterocycles. The summed E-state index contributed by atoms with van der Waals surface area (Å²) >= 11 is 0. The van der Waals surface area contributed by atoms with Gasteiger partial charge < -0.3 is 5.11 Å². The van der Waals surface area contributed by atoms with Crippen molar-refractivity contribution in [3.05, 3.63) is 101 Å². The first-order valence-electron chi connectivity index (χ1n) is 10.5. The van der Waals surface area contributed by atoms with E-state index in [1.807, 2.05) is 0 Å². The number of alkyl halides is 3. The molecule has 14 heteroatoms. The van der Waals surface area contributed by atoms with Gasteiger partial charge in [-0.1, -0.05) is 18.2 Å². The first-order chi connectivity index (χ1) is 17.5. The minimum Gasteiger partial charge on any atom is -0.493 e. The van der Waals surface area contributed by atoms with Crippen LogP contribution in [0.1, 0.15) is 15.9 Å². The highest BCUT2D eigenvalue weighted by atomic mass is 32.2. The molecule has 2 aromatic carbocycles. The van der Waals surface area contributed by atoms with E-state index in [0.717, 1.165) is 27.5 Å². The summed E-state index contributed by atoms with van der Waals surface area (Å²) in [5, 5.41) is 10.3. The Hall–Kier alpha value is -4.59. The van der Waals surface area contributed by atoms with Gasteiger partial charge in [-0.3, -0.25) is 25.2 Å². The van der Waals surface area contributed by atoms with Crippen LogP contribution in [0.15, 0.2) is 88.9 Å². The summed E-state index contributed by atoms with van der Waals surface area (Å²) < 4.78 is 63.4. The Kier molecular flexibility index (Phi) is 6.76. The van der Waals surface area contributed by atoms with Gasteiger partial charge in [0.2, 0.25) is 5.88 Å². The van der Waals surface area contributed by atoms with Gasteiger partial charge in [-0.2, -0.15) is 13.2 Å². The van der Waals surface area contributed by atoms with E-state index in [-0.39, 0.29) is 12.2 Å². The van der Waals surface area contributed by atoms with E-state index < -0.39 is 37.7 Å². The zero-order chi connectivity index (χ0) is 26.8. The van der Waals surface area contributed by atoms with Crippen LogP contribution >= 0.6 is 0 Å². The molecule has 0 bridgehead atoms. The smallest absolute Gasteiger partial charge is 0.493 e. The van der Waals surface area contributed by atoms with Crippen molar-refractivity contribution in [2.75, 3.05) is 5.43 Å². The van der Waals surface area contributed by atoms with Gasteiger partial charge in [-0.05, 0) is 42.5 Å². The second-order valence-electron chi connectivity index (χ2n) is 7.65. The van der Waals surface area contributed by atoms with Gasteiger partial charge in [0.25, 0.3) is 15.7 Å². The predicted octanol–water partition coefficient (Wildman–Crippen LogP) is 2.84. The maximum Gasteiger partial charge on any atom is 0.501 e. The molecule has 0 aliphatic rings. The van der Waals surface area contributed by atoms with Crippen LogP contribution in [0.2, 0.25) is 0 Å². The minimum atomic E-state index is -5.56. The second kappa shape index (κ2) is 9.81. The monoisotopic (exact) mass is 533 g/mol. The van der Waals surface area contributed by atoms with Gasteiger partial charge in [0.05, 0.1) is 35.2 Å². The predicted molar refractivity (Wildman–Crippen MR) is 126 cm³/mol. The number of benzene rings is 2. The molecule has 0 aliphatic carbocycles. The average Bonchev–Trinajstić information content (AvgIpc) is 3.15. The standard InChI is InChI=1S/C23H18F3N5O5S/c24-23(25,26)37(35,36)18-8-6-17(7-9-18)31-20(32)14-30(22(31)34)13-16-10-11-27-12-19(16)28-29-21(33)15-4-2-1-3-5-15/h1-12,14,28,32H,13H2,(H,29,33). The van der Waals surface area contributed by atoms with Crippen molar-refractivity contribution in [3.8, 4) is 11.6 Å². The Morgan fingerprint density at radius 3 is 2.35 bits per heavy atom. The van der Waals surface area contributed by atoms with E-state index in [1.165, 1.54) is 12.4 Å². The number of aromatic hydroxyl groups is 1. The number of sulfone groups is 1. The number of rotatable bonds is 7. The van der Waals surface area contributed by atoms with Crippen molar-refractivity contribution in [2.24, 2.45) is 0 Å². The molecule has 4 rings (SSSR count). The van der Waals surface area contributed by atoms with E-state index in [9.17, 15) is 36.3 Å². The summed E-state index contributed by atoms with van der Waals surface area (Å²) in [6.07, 6.45) is 3.99. The van der Waals surface area contributed by atoms with Crippen molar-refractivity contribution >= 4 is 21.4 Å². The second-order valence-corrected chi connectivity index (χ2v) is 9.60. The van der Waals surface area contributed by atoms with E-state index in [4.69, 9.17) is 0 Å². The van der Waals surface area contributed by atoms with Gasteiger partial charge in [-0.25, -0.2) is 17.8 Å². The summed E-state index contributed by atoms with van der Waals surface area (Å²) in [6.45, 7) is -0.0774. The van der Waals surface area contributed by atoms with Gasteiger partial charge in [0.15, 0.2) is 0 Å². The number of aromatic nitrogens is 3. The van der Waals surface area contributed by atoms with Crippen molar-refractivity contribution in [1.82, 2.24) is 19.5 Å². The fraction of sp³-hybridized carbons (Fsp3) is 0.0870. The maximum absolute atomic E-state index is 13.0. The molecule has 0 atom stereocenters. The average molecular weight is 533 g/mol. The van der Waals surface area contributed by atoms with E-state index in [0.29, 0.717) is 28.9 Å². The topological polar surface area (TPSA) is 135 Å². The van der Waals surface area contributed by atoms with Crippen molar-refractivity contribution < 1.29 is 31.5 Å². The van der Waals surface area contributed by atoms with Gasteiger partial charge >= 0.3 is 11.2 Å². The number of nitrogens with one attached hydrogen (secondary N) is 2. The Labute approximate surface area is 207 Å². The number of imidazole rings is 1. The fourth-order valence-corrected chi connectivity index (χ4v) is 4.15. The van der Waals surface area contributed by atoms with Crippen LogP contribution in [0.25, 0.3) is 5.69 Å². The molecule has 0 spiro atoms. The van der Waals surface area contributed by atoms with E-state index in [2.05, 4.69) is 15.8 Å². The highest BCUT2D eigenvalue weighted by Gasteiger charge is 2.46. The third-order valence-corrected chi connectivity index (χ3v) is 6.75. The number of pyridine rings is 1. The molecule has 3 N–H and O–H groups in total. The molecule has 10 nitrogen and oxygen atoms in total. The Bertz CT molecular complexity index is 1600. The lowest BCUT2D eigenvalue weighted by Crippen LogP contribution is -2.30. The zero-order valence-corrected chi connectivity index (χ0v) is 19.5. The first kappa shape index (κ1) is 25.5. The third-order valence-electron chi connectivity index (χ3n) is 5.25. The fourth-order valence-electron chi connectivity index (χ4n) is 3.39. The maximum atomic E-state index is 13.0. The van der Waals surface area contributed by atoms with E-state index >= 15 is 0 Å². The molecule has 0 saturated heterocycles. The van der Waals surface area contributed by atoms with Crippen molar-refractivity contribution in [3.63, 3.8) is 0 Å². The number of anilines is 1. The number of carbonyl (C=O) groups is 1. The molecule has 0 fully saturated rings. The Morgan fingerprint density at radius 2 is 1.70 bits per heavy atom. The number of hydrogen-bond acceptors (Lipinski definition) is 7. The van der Waals surface area contributed by atoms with E-state index in [1.54, 1.807) is 36.4 Å². The van der Waals surface area contributed by atoms with Crippen LogP contribution in [0.4, 0.5) is 18.9 Å². The quantitative estimate of drug-likeness (QED) is 0.311. The number of hydrogen-bond donors (Lipinski definition) is 3. The van der Waals surface area contributed by atoms with Crippen LogP contribution in [0, 0.1) is 0 Å². The lowest BCUT2D eigenvalue weighted by Gasteiger charge is -2.12. The Balaban J connectivity index is 1.57. The zero-order valence-electron chi connectivity index (χ0n) is 18.7. The molecular formula is C23H18F3N5O5S. The van der Waals surface area contributed by atoms with Crippen molar-refractivity contribution in [1.29, 1.82) is 0 Å². The molecule has 0 radical (unpaired) electrons. The minimum absolute atomic E-state index is 0.0504. The first-order valence-corrected chi connectivity index (χ1v) is 11.9.